The Morgan fingerprint density at radius 3 is 2.56 bits per heavy atom. The van der Waals surface area contributed by atoms with E-state index in [1.54, 1.807) is 0 Å². The van der Waals surface area contributed by atoms with Crippen LogP contribution in [0.25, 0.3) is 0 Å². The molecule has 2 aromatic carbocycles. The summed E-state index contributed by atoms with van der Waals surface area (Å²) in [7, 11) is 0. The van der Waals surface area contributed by atoms with Crippen molar-refractivity contribution in [2.45, 2.75) is 81.6 Å². The highest BCUT2D eigenvalue weighted by atomic mass is 16.2. The number of hydrogen-bond donors (Lipinski definition) is 1. The fourth-order valence-corrected chi connectivity index (χ4v) is 8.05. The first-order chi connectivity index (χ1) is 16.8. The molecule has 2 aromatic rings. The number of carbonyl (C=O) groups excluding carboxylic acids is 1. The molecule has 2 aliphatic carbocycles. The smallest absolute Gasteiger partial charge is 0.228 e. The number of hydrogen-bond acceptors (Lipinski definition) is 2. The van der Waals surface area contributed by atoms with E-state index in [1.807, 2.05) is 0 Å². The van der Waals surface area contributed by atoms with Crippen LogP contribution in [-0.2, 0) is 16.6 Å². The second-order valence-electron chi connectivity index (χ2n) is 11.5. The summed E-state index contributed by atoms with van der Waals surface area (Å²) in [5.41, 5.74) is 4.38. The first kappa shape index (κ1) is 22.3. The molecule has 1 spiro atoms. The number of benzene rings is 2. The van der Waals surface area contributed by atoms with Crippen LogP contribution in [0.4, 0.5) is 0 Å². The van der Waals surface area contributed by atoms with Crippen LogP contribution < -0.4 is 5.32 Å². The van der Waals surface area contributed by atoms with E-state index in [2.05, 4.69) is 64.8 Å². The van der Waals surface area contributed by atoms with Crippen molar-refractivity contribution in [3.05, 3.63) is 71.3 Å². The minimum Gasteiger partial charge on any atom is -0.339 e. The molecule has 4 atom stereocenters. The summed E-state index contributed by atoms with van der Waals surface area (Å²) in [5.74, 6) is 1.79. The largest absolute Gasteiger partial charge is 0.339 e. The summed E-state index contributed by atoms with van der Waals surface area (Å²) in [6.07, 6.45) is 12.4. The van der Waals surface area contributed by atoms with Gasteiger partial charge in [-0.05, 0) is 73.5 Å². The molecule has 0 radical (unpaired) electrons. The highest BCUT2D eigenvalue weighted by Gasteiger charge is 2.52. The number of likely N-dealkylation sites (tertiary alicyclic amines) is 1. The van der Waals surface area contributed by atoms with Crippen molar-refractivity contribution in [2.24, 2.45) is 11.8 Å². The van der Waals surface area contributed by atoms with Crippen molar-refractivity contribution in [1.29, 1.82) is 0 Å². The van der Waals surface area contributed by atoms with Gasteiger partial charge in [0.05, 0.1) is 5.92 Å². The molecular weight excluding hydrogens is 416 g/mol. The van der Waals surface area contributed by atoms with E-state index in [-0.39, 0.29) is 11.3 Å². The maximum atomic E-state index is 14.5. The Morgan fingerprint density at radius 1 is 0.912 bits per heavy atom. The molecule has 1 N–H and O–H groups in total. The average molecular weight is 457 g/mol. The number of piperidine rings is 1. The van der Waals surface area contributed by atoms with Gasteiger partial charge in [-0.15, -0.1) is 0 Å². The third-order valence-electron chi connectivity index (χ3n) is 9.77. The van der Waals surface area contributed by atoms with Crippen LogP contribution in [0.1, 0.15) is 80.4 Å². The van der Waals surface area contributed by atoms with Gasteiger partial charge in [0.1, 0.15) is 0 Å². The Morgan fingerprint density at radius 2 is 1.71 bits per heavy atom. The number of amides is 1. The molecule has 1 saturated carbocycles. The van der Waals surface area contributed by atoms with Gasteiger partial charge < -0.3 is 10.2 Å². The van der Waals surface area contributed by atoms with Crippen molar-refractivity contribution in [2.75, 3.05) is 19.6 Å². The van der Waals surface area contributed by atoms with Gasteiger partial charge in [-0.25, -0.2) is 0 Å². The lowest BCUT2D eigenvalue weighted by atomic mass is 9.63. The fourth-order valence-electron chi connectivity index (χ4n) is 8.05. The zero-order valence-electron chi connectivity index (χ0n) is 20.6. The molecule has 3 heteroatoms. The van der Waals surface area contributed by atoms with Crippen LogP contribution in [0.15, 0.2) is 54.6 Å². The summed E-state index contributed by atoms with van der Waals surface area (Å²) < 4.78 is 0. The standard InChI is InChI=1S/C31H40N2O/c34-30(28-21-32-22-31(28)18-9-15-24-12-7-8-16-27(24)31)33-19-17-26(23-10-3-1-4-11-23)20-29(33)25-13-5-2-6-14-25/h1,3-4,7-8,10-12,16,25-26,28-29,32H,2,5-6,9,13-15,17-22H2. The van der Waals surface area contributed by atoms with Gasteiger partial charge in [0.2, 0.25) is 5.91 Å². The minimum absolute atomic E-state index is 0.0146. The molecular formula is C31H40N2O. The first-order valence-electron chi connectivity index (χ1n) is 13.9. The summed E-state index contributed by atoms with van der Waals surface area (Å²) in [6, 6.07) is 20.5. The summed E-state index contributed by atoms with van der Waals surface area (Å²) in [5, 5.41) is 3.68. The lowest BCUT2D eigenvalue weighted by molar-refractivity contribution is -0.143. The number of nitrogens with one attached hydrogen (secondary N) is 1. The van der Waals surface area contributed by atoms with Gasteiger partial charge in [0.25, 0.3) is 0 Å². The molecule has 34 heavy (non-hydrogen) atoms. The number of fused-ring (bicyclic) bond motifs is 2. The van der Waals surface area contributed by atoms with Crippen LogP contribution in [0.3, 0.4) is 0 Å². The first-order valence-corrected chi connectivity index (χ1v) is 13.9. The summed E-state index contributed by atoms with van der Waals surface area (Å²) in [6.45, 7) is 2.71. The number of carbonyl (C=O) groups is 1. The third-order valence-corrected chi connectivity index (χ3v) is 9.77. The average Bonchev–Trinajstić information content (AvgIpc) is 3.33. The number of aryl methyl sites for hydroxylation is 1. The monoisotopic (exact) mass is 456 g/mol. The van der Waals surface area contributed by atoms with Crippen molar-refractivity contribution in [3.63, 3.8) is 0 Å². The molecule has 2 saturated heterocycles. The Kier molecular flexibility index (Phi) is 6.24. The molecule has 4 aliphatic rings. The van der Waals surface area contributed by atoms with Crippen molar-refractivity contribution in [1.82, 2.24) is 10.2 Å². The quantitative estimate of drug-likeness (QED) is 0.630. The van der Waals surface area contributed by atoms with Crippen LogP contribution in [0, 0.1) is 11.8 Å². The Bertz CT molecular complexity index is 998. The third kappa shape index (κ3) is 3.90. The van der Waals surface area contributed by atoms with Crippen LogP contribution >= 0.6 is 0 Å². The van der Waals surface area contributed by atoms with E-state index in [9.17, 15) is 4.79 Å². The van der Waals surface area contributed by atoms with Crippen molar-refractivity contribution < 1.29 is 4.79 Å². The van der Waals surface area contributed by atoms with E-state index in [1.165, 1.54) is 55.2 Å². The predicted octanol–water partition coefficient (Wildman–Crippen LogP) is 5.84. The van der Waals surface area contributed by atoms with Crippen LogP contribution in [-0.4, -0.2) is 36.5 Å². The van der Waals surface area contributed by atoms with E-state index in [0.717, 1.165) is 45.3 Å². The second-order valence-corrected chi connectivity index (χ2v) is 11.5. The molecule has 2 heterocycles. The SMILES string of the molecule is O=C(C1CNCC12CCCc1ccccc12)N1CCC(c2ccccc2)CC1C1CCCCC1. The van der Waals surface area contributed by atoms with Crippen LogP contribution in [0.2, 0.25) is 0 Å². The summed E-state index contributed by atoms with van der Waals surface area (Å²) >= 11 is 0. The van der Waals surface area contributed by atoms with E-state index >= 15 is 0 Å². The number of rotatable bonds is 3. The van der Waals surface area contributed by atoms with E-state index in [4.69, 9.17) is 0 Å². The minimum atomic E-state index is -0.0146. The van der Waals surface area contributed by atoms with Gasteiger partial charge in [0.15, 0.2) is 0 Å². The topological polar surface area (TPSA) is 32.3 Å². The molecule has 1 amide bonds. The molecule has 3 nitrogen and oxygen atoms in total. The highest BCUT2D eigenvalue weighted by molar-refractivity contribution is 5.82. The second kappa shape index (κ2) is 9.49. The number of nitrogens with zero attached hydrogens (tertiary/aromatic N) is 1. The Hall–Kier alpha value is -2.13. The molecule has 0 aromatic heterocycles. The molecule has 2 aliphatic heterocycles. The lowest BCUT2D eigenvalue weighted by Crippen LogP contribution is -2.55. The zero-order valence-corrected chi connectivity index (χ0v) is 20.6. The molecule has 4 unspecified atom stereocenters. The maximum absolute atomic E-state index is 14.5. The normalized spacial score (nSPS) is 32.0. The van der Waals surface area contributed by atoms with Crippen molar-refractivity contribution >= 4 is 5.91 Å². The fraction of sp³-hybridized carbons (Fsp3) is 0.581. The van der Waals surface area contributed by atoms with Gasteiger partial charge in [-0.1, -0.05) is 73.9 Å². The molecule has 180 valence electrons. The van der Waals surface area contributed by atoms with E-state index in [0.29, 0.717) is 23.8 Å². The highest BCUT2D eigenvalue weighted by Crippen LogP contribution is 2.47. The molecule has 0 bridgehead atoms. The van der Waals surface area contributed by atoms with E-state index < -0.39 is 0 Å². The van der Waals surface area contributed by atoms with Gasteiger partial charge in [0, 0.05) is 31.1 Å². The molecule has 3 fully saturated rings. The maximum Gasteiger partial charge on any atom is 0.228 e. The van der Waals surface area contributed by atoms with Gasteiger partial charge in [-0.3, -0.25) is 4.79 Å². The Labute approximate surface area is 205 Å². The van der Waals surface area contributed by atoms with Crippen LogP contribution in [0.5, 0.6) is 0 Å². The lowest BCUT2D eigenvalue weighted by Gasteiger charge is -2.48. The summed E-state index contributed by atoms with van der Waals surface area (Å²) in [4.78, 5) is 16.9. The predicted molar refractivity (Wildman–Crippen MR) is 138 cm³/mol. The molecule has 6 rings (SSSR count). The van der Waals surface area contributed by atoms with Gasteiger partial charge in [-0.2, -0.15) is 0 Å². The Balaban J connectivity index is 1.30. The van der Waals surface area contributed by atoms with Gasteiger partial charge >= 0.3 is 0 Å². The van der Waals surface area contributed by atoms with Crippen molar-refractivity contribution in [3.8, 4) is 0 Å². The zero-order chi connectivity index (χ0) is 23.0.